The van der Waals surface area contributed by atoms with E-state index in [4.69, 9.17) is 0 Å². The molecule has 25 heavy (non-hydrogen) atoms. The summed E-state index contributed by atoms with van der Waals surface area (Å²) in [5.74, 6) is 0. The van der Waals surface area contributed by atoms with Crippen LogP contribution in [0, 0.1) is 0 Å². The van der Waals surface area contributed by atoms with E-state index >= 15 is 0 Å². The third kappa shape index (κ3) is 3.09. The van der Waals surface area contributed by atoms with Gasteiger partial charge in [-0.2, -0.15) is 4.80 Å². The molecule has 4 rings (SSSR count). The Kier molecular flexibility index (Phi) is 3.70. The molecule has 0 fully saturated rings. The van der Waals surface area contributed by atoms with E-state index in [0.29, 0.717) is 16.7 Å². The third-order valence-electron chi connectivity index (χ3n) is 3.67. The van der Waals surface area contributed by atoms with Crippen LogP contribution in [0.25, 0.3) is 16.7 Å². The van der Waals surface area contributed by atoms with Gasteiger partial charge in [0.05, 0.1) is 16.3 Å². The van der Waals surface area contributed by atoms with Crippen LogP contribution in [0.3, 0.4) is 0 Å². The number of hydrogen-bond acceptors (Lipinski definition) is 4. The Morgan fingerprint density at radius 3 is 2.12 bits per heavy atom. The highest BCUT2D eigenvalue weighted by atomic mass is 32.2. The van der Waals surface area contributed by atoms with Gasteiger partial charge in [0.2, 0.25) is 0 Å². The van der Waals surface area contributed by atoms with Gasteiger partial charge in [0, 0.05) is 0 Å². The van der Waals surface area contributed by atoms with Gasteiger partial charge in [0.1, 0.15) is 11.0 Å². The summed E-state index contributed by atoms with van der Waals surface area (Å²) in [5, 5.41) is 8.82. The Morgan fingerprint density at radius 1 is 0.760 bits per heavy atom. The Morgan fingerprint density at radius 2 is 1.40 bits per heavy atom. The summed E-state index contributed by atoms with van der Waals surface area (Å²) >= 11 is 0. The highest BCUT2D eigenvalue weighted by Crippen LogP contribution is 2.20. The van der Waals surface area contributed by atoms with Crippen LogP contribution in [0.2, 0.25) is 0 Å². The molecular weight excluding hydrogens is 336 g/mol. The van der Waals surface area contributed by atoms with Crippen LogP contribution < -0.4 is 4.72 Å². The van der Waals surface area contributed by atoms with Crippen molar-refractivity contribution in [3.8, 4) is 5.69 Å². The van der Waals surface area contributed by atoms with Gasteiger partial charge in [-0.15, -0.1) is 10.2 Å². The molecule has 4 aromatic rings. The lowest BCUT2D eigenvalue weighted by Gasteiger charge is -2.07. The molecule has 0 bridgehead atoms. The Bertz CT molecular complexity index is 1120. The van der Waals surface area contributed by atoms with E-state index in [0.717, 1.165) is 5.69 Å². The van der Waals surface area contributed by atoms with Crippen molar-refractivity contribution in [1.29, 1.82) is 0 Å². The molecule has 1 heterocycles. The molecule has 0 amide bonds. The van der Waals surface area contributed by atoms with Crippen LogP contribution in [0.1, 0.15) is 0 Å². The first-order valence-electron chi connectivity index (χ1n) is 7.62. The fraction of sp³-hybridized carbons (Fsp3) is 0. The summed E-state index contributed by atoms with van der Waals surface area (Å²) in [4.78, 5) is 1.74. The fourth-order valence-electron chi connectivity index (χ4n) is 2.47. The van der Waals surface area contributed by atoms with Crippen molar-refractivity contribution >= 4 is 26.7 Å². The van der Waals surface area contributed by atoms with Gasteiger partial charge < -0.3 is 0 Å². The zero-order valence-electron chi connectivity index (χ0n) is 13.1. The summed E-state index contributed by atoms with van der Waals surface area (Å²) < 4.78 is 27.4. The minimum absolute atomic E-state index is 0.211. The SMILES string of the molecule is O=S(=O)(Nc1ccc2nn(-c3ccccc3)nc2c1)c1ccccc1. The average molecular weight is 350 g/mol. The number of nitrogens with zero attached hydrogens (tertiary/aromatic N) is 3. The van der Waals surface area contributed by atoms with Crippen molar-refractivity contribution in [2.24, 2.45) is 0 Å². The van der Waals surface area contributed by atoms with Crippen LogP contribution >= 0.6 is 0 Å². The standard InChI is InChI=1S/C18H14N4O2S/c23-25(24,16-9-5-2-6-10-16)21-14-11-12-17-18(13-14)20-22(19-17)15-7-3-1-4-8-15/h1-13,21H. The minimum Gasteiger partial charge on any atom is -0.280 e. The van der Waals surface area contributed by atoms with Crippen molar-refractivity contribution in [1.82, 2.24) is 15.0 Å². The molecule has 0 aliphatic heterocycles. The lowest BCUT2D eigenvalue weighted by Crippen LogP contribution is -2.12. The third-order valence-corrected chi connectivity index (χ3v) is 5.07. The molecule has 0 spiro atoms. The smallest absolute Gasteiger partial charge is 0.261 e. The topological polar surface area (TPSA) is 76.9 Å². The molecule has 124 valence electrons. The number of sulfonamides is 1. The molecule has 1 N–H and O–H groups in total. The number of aromatic nitrogens is 3. The van der Waals surface area contributed by atoms with Crippen molar-refractivity contribution in [3.05, 3.63) is 78.9 Å². The maximum Gasteiger partial charge on any atom is 0.261 e. The summed E-state index contributed by atoms with van der Waals surface area (Å²) in [6.45, 7) is 0. The number of fused-ring (bicyclic) bond motifs is 1. The predicted octanol–water partition coefficient (Wildman–Crippen LogP) is 3.22. The second-order valence-electron chi connectivity index (χ2n) is 5.45. The Balaban J connectivity index is 1.68. The van der Waals surface area contributed by atoms with E-state index in [9.17, 15) is 8.42 Å². The summed E-state index contributed by atoms with van der Waals surface area (Å²) in [6, 6.07) is 22.8. The van der Waals surface area contributed by atoms with E-state index in [2.05, 4.69) is 14.9 Å². The normalized spacial score (nSPS) is 11.5. The first kappa shape index (κ1) is 15.3. The van der Waals surface area contributed by atoms with E-state index < -0.39 is 10.0 Å². The number of benzene rings is 3. The number of hydrogen-bond donors (Lipinski definition) is 1. The van der Waals surface area contributed by atoms with Gasteiger partial charge in [-0.05, 0) is 42.5 Å². The fourth-order valence-corrected chi connectivity index (χ4v) is 3.54. The van der Waals surface area contributed by atoms with Crippen molar-refractivity contribution in [2.75, 3.05) is 4.72 Å². The maximum atomic E-state index is 12.4. The maximum absolute atomic E-state index is 12.4. The van der Waals surface area contributed by atoms with Gasteiger partial charge in [-0.1, -0.05) is 36.4 Å². The van der Waals surface area contributed by atoms with Crippen LogP contribution in [-0.2, 0) is 10.0 Å². The van der Waals surface area contributed by atoms with Crippen LogP contribution in [0.5, 0.6) is 0 Å². The molecule has 0 aliphatic carbocycles. The van der Waals surface area contributed by atoms with Gasteiger partial charge in [-0.25, -0.2) is 8.42 Å². The number of rotatable bonds is 4. The summed E-state index contributed by atoms with van der Waals surface area (Å²) in [5.41, 5.74) is 2.57. The molecule has 0 unspecified atom stereocenters. The molecule has 0 aliphatic rings. The predicted molar refractivity (Wildman–Crippen MR) is 96.1 cm³/mol. The molecule has 0 atom stereocenters. The van der Waals surface area contributed by atoms with E-state index in [1.165, 1.54) is 4.80 Å². The van der Waals surface area contributed by atoms with E-state index in [-0.39, 0.29) is 4.90 Å². The van der Waals surface area contributed by atoms with Gasteiger partial charge in [0.15, 0.2) is 0 Å². The lowest BCUT2D eigenvalue weighted by molar-refractivity contribution is 0.601. The Labute approximate surface area is 144 Å². The van der Waals surface area contributed by atoms with Gasteiger partial charge in [0.25, 0.3) is 10.0 Å². The first-order valence-corrected chi connectivity index (χ1v) is 9.10. The van der Waals surface area contributed by atoms with Gasteiger partial charge in [-0.3, -0.25) is 4.72 Å². The molecular formula is C18H14N4O2S. The molecule has 1 aromatic heterocycles. The second kappa shape index (κ2) is 6.03. The van der Waals surface area contributed by atoms with Crippen LogP contribution in [0.4, 0.5) is 5.69 Å². The quantitative estimate of drug-likeness (QED) is 0.613. The molecule has 6 nitrogen and oxygen atoms in total. The van der Waals surface area contributed by atoms with Crippen LogP contribution in [-0.4, -0.2) is 23.4 Å². The zero-order valence-corrected chi connectivity index (χ0v) is 13.9. The molecule has 7 heteroatoms. The Hall–Kier alpha value is -3.19. The van der Waals surface area contributed by atoms with Crippen molar-refractivity contribution in [2.45, 2.75) is 4.90 Å². The van der Waals surface area contributed by atoms with E-state index in [1.54, 1.807) is 48.5 Å². The highest BCUT2D eigenvalue weighted by molar-refractivity contribution is 7.92. The van der Waals surface area contributed by atoms with E-state index in [1.807, 2.05) is 30.3 Å². The molecule has 0 saturated carbocycles. The monoisotopic (exact) mass is 350 g/mol. The van der Waals surface area contributed by atoms with Gasteiger partial charge >= 0.3 is 0 Å². The zero-order chi connectivity index (χ0) is 17.3. The summed E-state index contributed by atoms with van der Waals surface area (Å²) in [7, 11) is -3.63. The number of anilines is 1. The highest BCUT2D eigenvalue weighted by Gasteiger charge is 2.14. The van der Waals surface area contributed by atoms with Crippen molar-refractivity contribution in [3.63, 3.8) is 0 Å². The second-order valence-corrected chi connectivity index (χ2v) is 7.13. The summed E-state index contributed by atoms with van der Waals surface area (Å²) in [6.07, 6.45) is 0. The number of para-hydroxylation sites is 1. The lowest BCUT2D eigenvalue weighted by atomic mass is 10.3. The largest absolute Gasteiger partial charge is 0.280 e. The average Bonchev–Trinajstić information content (AvgIpc) is 3.06. The molecule has 3 aromatic carbocycles. The molecule has 0 saturated heterocycles. The van der Waals surface area contributed by atoms with Crippen LogP contribution in [0.15, 0.2) is 83.8 Å². The first-order chi connectivity index (χ1) is 12.1. The minimum atomic E-state index is -3.63. The molecule has 0 radical (unpaired) electrons. The number of nitrogens with one attached hydrogen (secondary N) is 1. The van der Waals surface area contributed by atoms with Crippen molar-refractivity contribution < 1.29 is 8.42 Å².